The number of carbonyl (C=O) groups is 2. The zero-order chi connectivity index (χ0) is 59.8. The number of likely N-dealkylation sites (N-methyl/N-ethyl adjacent to an activating group) is 1. The average molecular weight is 1160 g/mol. The van der Waals surface area contributed by atoms with Crippen molar-refractivity contribution in [2.24, 2.45) is 0 Å². The fourth-order valence-corrected chi connectivity index (χ4v) is 9.16. The molecule has 82 heavy (non-hydrogen) atoms. The van der Waals surface area contributed by atoms with E-state index in [9.17, 15) is 19.0 Å². The fourth-order valence-electron chi connectivity index (χ4n) is 8.43. The van der Waals surface area contributed by atoms with Gasteiger partial charge in [-0.2, -0.15) is 0 Å². The third kappa shape index (κ3) is 65.0. The Balaban J connectivity index is 4.15. The van der Waals surface area contributed by atoms with Gasteiger partial charge in [0.15, 0.2) is 6.10 Å². The Hall–Kier alpha value is -4.11. The monoisotopic (exact) mass is 1160 g/mol. The van der Waals surface area contributed by atoms with Crippen molar-refractivity contribution in [3.05, 3.63) is 146 Å². The molecule has 466 valence electrons. The Morgan fingerprint density at radius 2 is 0.659 bits per heavy atom. The first-order valence-electron chi connectivity index (χ1n) is 32.5. The second-order valence-corrected chi connectivity index (χ2v) is 23.8. The number of nitrogens with zero attached hydrogens (tertiary/aromatic N) is 1. The second kappa shape index (κ2) is 61.5. The van der Waals surface area contributed by atoms with Crippen LogP contribution in [0.25, 0.3) is 0 Å². The summed E-state index contributed by atoms with van der Waals surface area (Å²) in [6, 6.07) is 0. The first kappa shape index (κ1) is 77.9. The smallest absolute Gasteiger partial charge is 0.306 e. The van der Waals surface area contributed by atoms with Crippen LogP contribution in [0.15, 0.2) is 146 Å². The molecule has 0 rings (SSSR count). The van der Waals surface area contributed by atoms with E-state index in [-0.39, 0.29) is 26.1 Å². The number of ether oxygens (including phenoxy) is 2. The highest BCUT2D eigenvalue weighted by Crippen LogP contribution is 2.38. The van der Waals surface area contributed by atoms with E-state index >= 15 is 0 Å². The summed E-state index contributed by atoms with van der Waals surface area (Å²) in [5, 5.41) is 0. The molecular formula is C72H120NO8P. The highest BCUT2D eigenvalue weighted by Gasteiger charge is 2.22. The van der Waals surface area contributed by atoms with Crippen LogP contribution in [0.1, 0.15) is 245 Å². The quantitative estimate of drug-likeness (QED) is 0.0195. The molecule has 0 aliphatic carbocycles. The minimum Gasteiger partial charge on any atom is -0.756 e. The predicted octanol–water partition coefficient (Wildman–Crippen LogP) is 20.4. The van der Waals surface area contributed by atoms with E-state index in [1.54, 1.807) is 0 Å². The van der Waals surface area contributed by atoms with E-state index in [0.717, 1.165) is 128 Å². The number of phosphoric ester groups is 1. The third-order valence-corrected chi connectivity index (χ3v) is 14.3. The van der Waals surface area contributed by atoms with Crippen molar-refractivity contribution in [3.8, 4) is 0 Å². The Kier molecular flexibility index (Phi) is 58.4. The highest BCUT2D eigenvalue weighted by molar-refractivity contribution is 7.45. The van der Waals surface area contributed by atoms with E-state index in [1.165, 1.54) is 77.0 Å². The molecule has 0 spiro atoms. The molecule has 0 amide bonds. The van der Waals surface area contributed by atoms with Crippen LogP contribution in [0.3, 0.4) is 0 Å². The van der Waals surface area contributed by atoms with Crippen LogP contribution >= 0.6 is 7.82 Å². The van der Waals surface area contributed by atoms with E-state index < -0.39 is 32.5 Å². The van der Waals surface area contributed by atoms with Gasteiger partial charge in [0.25, 0.3) is 7.82 Å². The number of rotatable bonds is 58. The summed E-state index contributed by atoms with van der Waals surface area (Å²) in [5.41, 5.74) is 0. The van der Waals surface area contributed by atoms with Crippen molar-refractivity contribution in [2.75, 3.05) is 47.5 Å². The number of carbonyl (C=O) groups excluding carboxylic acids is 2. The largest absolute Gasteiger partial charge is 0.756 e. The number of hydrogen-bond acceptors (Lipinski definition) is 8. The first-order chi connectivity index (χ1) is 40.0. The van der Waals surface area contributed by atoms with E-state index in [2.05, 4.69) is 160 Å². The van der Waals surface area contributed by atoms with Gasteiger partial charge in [-0.05, 0) is 116 Å². The molecule has 0 aliphatic rings. The Morgan fingerprint density at radius 3 is 0.976 bits per heavy atom. The van der Waals surface area contributed by atoms with Crippen LogP contribution in [0.5, 0.6) is 0 Å². The number of quaternary nitrogens is 1. The van der Waals surface area contributed by atoms with Crippen molar-refractivity contribution in [1.82, 2.24) is 0 Å². The van der Waals surface area contributed by atoms with Crippen LogP contribution in [-0.2, 0) is 32.7 Å². The number of allylic oxidation sites excluding steroid dienone is 24. The maximum absolute atomic E-state index is 12.8. The summed E-state index contributed by atoms with van der Waals surface area (Å²) in [6.45, 7) is 4.00. The van der Waals surface area contributed by atoms with Gasteiger partial charge in [0.1, 0.15) is 19.8 Å². The van der Waals surface area contributed by atoms with Crippen molar-refractivity contribution in [2.45, 2.75) is 251 Å². The summed E-state index contributed by atoms with van der Waals surface area (Å²) in [4.78, 5) is 38.0. The number of esters is 2. The van der Waals surface area contributed by atoms with E-state index in [1.807, 2.05) is 21.1 Å². The standard InChI is InChI=1S/C72H120NO8P/c1-6-8-10-12-14-16-18-20-22-24-26-28-30-32-33-34-35-36-37-38-39-41-43-45-47-49-51-53-55-57-59-61-63-65-72(75)81-70(69-80-82(76,77)79-67-66-73(3,4)5)68-78-71(74)64-62-60-58-56-54-52-50-48-46-44-42-40-31-29-27-25-23-21-19-17-15-13-11-9-7-2/h8-11,14-17,20-23,26-29,32-33,35-36,38-40,42,70H,6-7,12-13,18-19,24-25,30-31,34,37,41,43-69H2,1-5H3/b10-8-,11-9-,16-14-,17-15-,22-20-,23-21-,28-26-,29-27-,33-32-,36-35-,39-38-,42-40-. The molecule has 0 N–H and O–H groups in total. The molecule has 9 nitrogen and oxygen atoms in total. The fraction of sp³-hybridized carbons (Fsp3) is 0.639. The van der Waals surface area contributed by atoms with Gasteiger partial charge in [-0.15, -0.1) is 0 Å². The van der Waals surface area contributed by atoms with Gasteiger partial charge in [0.05, 0.1) is 27.7 Å². The molecule has 0 aliphatic heterocycles. The topological polar surface area (TPSA) is 111 Å². The lowest BCUT2D eigenvalue weighted by atomic mass is 10.0. The van der Waals surface area contributed by atoms with Crippen LogP contribution < -0.4 is 4.89 Å². The van der Waals surface area contributed by atoms with Crippen LogP contribution in [-0.4, -0.2) is 70.0 Å². The van der Waals surface area contributed by atoms with Gasteiger partial charge in [0, 0.05) is 12.8 Å². The normalized spacial score (nSPS) is 14.2. The van der Waals surface area contributed by atoms with Gasteiger partial charge < -0.3 is 27.9 Å². The minimum absolute atomic E-state index is 0.0398. The van der Waals surface area contributed by atoms with Crippen molar-refractivity contribution >= 4 is 19.8 Å². The number of hydrogen-bond donors (Lipinski definition) is 0. The van der Waals surface area contributed by atoms with Gasteiger partial charge in [-0.1, -0.05) is 262 Å². The first-order valence-corrected chi connectivity index (χ1v) is 34.0. The molecular weight excluding hydrogens is 1040 g/mol. The SMILES string of the molecule is CC/C=C\C/C=C\C/C=C\C/C=C\C/C=C\C/C=C\C/C=C\CCCCCCCCCCCCCC(=O)OC(COC(=O)CCCCCCCCCCC/C=C\C/C=C\C/C=C\C/C=C\C/C=C\CC)COP(=O)([O-])OCC[N+](C)(C)C. The predicted molar refractivity (Wildman–Crippen MR) is 350 cm³/mol. The van der Waals surface area contributed by atoms with Crippen molar-refractivity contribution in [3.63, 3.8) is 0 Å². The zero-order valence-corrected chi connectivity index (χ0v) is 53.8. The Labute approximate surface area is 503 Å². The van der Waals surface area contributed by atoms with Crippen LogP contribution in [0, 0.1) is 0 Å². The molecule has 0 fully saturated rings. The number of unbranched alkanes of at least 4 members (excludes halogenated alkanes) is 20. The summed E-state index contributed by atoms with van der Waals surface area (Å²) in [6.07, 6.45) is 90.4. The molecule has 0 aromatic heterocycles. The van der Waals surface area contributed by atoms with Crippen LogP contribution in [0.4, 0.5) is 0 Å². The molecule has 10 heteroatoms. The van der Waals surface area contributed by atoms with Gasteiger partial charge in [-0.3, -0.25) is 14.2 Å². The lowest BCUT2D eigenvalue weighted by Gasteiger charge is -2.28. The third-order valence-electron chi connectivity index (χ3n) is 13.4. The summed E-state index contributed by atoms with van der Waals surface area (Å²) >= 11 is 0. The van der Waals surface area contributed by atoms with E-state index in [0.29, 0.717) is 23.9 Å². The van der Waals surface area contributed by atoms with Gasteiger partial charge >= 0.3 is 11.9 Å². The zero-order valence-electron chi connectivity index (χ0n) is 52.9. The molecule has 0 aromatic carbocycles. The molecule has 0 bridgehead atoms. The van der Waals surface area contributed by atoms with Crippen LogP contribution in [0.2, 0.25) is 0 Å². The molecule has 2 unspecified atom stereocenters. The molecule has 0 radical (unpaired) electrons. The summed E-state index contributed by atoms with van der Waals surface area (Å²) in [5.74, 6) is -0.850. The number of phosphoric acid groups is 1. The van der Waals surface area contributed by atoms with Crippen molar-refractivity contribution in [1.29, 1.82) is 0 Å². The maximum Gasteiger partial charge on any atom is 0.306 e. The molecule has 0 saturated carbocycles. The van der Waals surface area contributed by atoms with Gasteiger partial charge in [-0.25, -0.2) is 0 Å². The molecule has 0 saturated heterocycles. The maximum atomic E-state index is 12.8. The second-order valence-electron chi connectivity index (χ2n) is 22.4. The summed E-state index contributed by atoms with van der Waals surface area (Å²) < 4.78 is 34.3. The van der Waals surface area contributed by atoms with Crippen molar-refractivity contribution < 1.29 is 42.1 Å². The lowest BCUT2D eigenvalue weighted by molar-refractivity contribution is -0.870. The average Bonchev–Trinajstić information content (AvgIpc) is 3.46. The highest BCUT2D eigenvalue weighted by atomic mass is 31.2. The molecule has 2 atom stereocenters. The van der Waals surface area contributed by atoms with Gasteiger partial charge in [0.2, 0.25) is 0 Å². The lowest BCUT2D eigenvalue weighted by Crippen LogP contribution is -2.37. The van der Waals surface area contributed by atoms with E-state index in [4.69, 9.17) is 18.5 Å². The molecule has 0 heterocycles. The summed E-state index contributed by atoms with van der Waals surface area (Å²) in [7, 11) is 1.14. The minimum atomic E-state index is -4.65. The molecule has 0 aromatic rings. The Bertz CT molecular complexity index is 1890. The Morgan fingerprint density at radius 1 is 0.378 bits per heavy atom.